The maximum Gasteiger partial charge on any atom is 0.245 e. The first-order valence-electron chi connectivity index (χ1n) is 8.78. The molecule has 2 amide bonds. The summed E-state index contributed by atoms with van der Waals surface area (Å²) in [5.41, 5.74) is 2.56. The fraction of sp³-hybridized carbons (Fsp3) is 0.333. The monoisotopic (exact) mass is 336 g/mol. The maximum atomic E-state index is 12.6. The minimum atomic E-state index is -0.697. The van der Waals surface area contributed by atoms with Crippen LogP contribution < -0.4 is 5.32 Å². The summed E-state index contributed by atoms with van der Waals surface area (Å²) in [4.78, 5) is 26.5. The van der Waals surface area contributed by atoms with Gasteiger partial charge in [0.15, 0.2) is 0 Å². The van der Waals surface area contributed by atoms with Gasteiger partial charge in [-0.2, -0.15) is 0 Å². The summed E-state index contributed by atoms with van der Waals surface area (Å²) in [7, 11) is 0. The zero-order valence-corrected chi connectivity index (χ0v) is 14.8. The molecule has 0 aliphatic carbocycles. The molecule has 25 heavy (non-hydrogen) atoms. The number of hydrogen-bond donors (Lipinski definition) is 1. The van der Waals surface area contributed by atoms with Gasteiger partial charge in [-0.05, 0) is 37.0 Å². The Morgan fingerprint density at radius 1 is 1.04 bits per heavy atom. The molecule has 0 aromatic heterocycles. The summed E-state index contributed by atoms with van der Waals surface area (Å²) in [5, 5.41) is 2.83. The Bertz CT molecular complexity index is 755. The highest BCUT2D eigenvalue weighted by Gasteiger charge is 2.48. The normalized spacial score (nSPS) is 19.2. The molecule has 1 unspecified atom stereocenters. The quantitative estimate of drug-likeness (QED) is 0.912. The van der Waals surface area contributed by atoms with Gasteiger partial charge in [-0.1, -0.05) is 54.6 Å². The molecule has 4 nitrogen and oxygen atoms in total. The fourth-order valence-electron chi connectivity index (χ4n) is 3.26. The van der Waals surface area contributed by atoms with E-state index in [1.807, 2.05) is 56.3 Å². The van der Waals surface area contributed by atoms with Crippen LogP contribution in [0.25, 0.3) is 11.1 Å². The smallest absolute Gasteiger partial charge is 0.245 e. The molecule has 3 rings (SSSR count). The van der Waals surface area contributed by atoms with Crippen molar-refractivity contribution in [2.45, 2.75) is 32.2 Å². The van der Waals surface area contributed by atoms with Crippen LogP contribution in [0.4, 0.5) is 0 Å². The van der Waals surface area contributed by atoms with E-state index in [0.717, 1.165) is 23.1 Å². The Hall–Kier alpha value is -2.62. The van der Waals surface area contributed by atoms with Crippen LogP contribution in [0.2, 0.25) is 0 Å². The second-order valence-corrected chi connectivity index (χ2v) is 6.67. The van der Waals surface area contributed by atoms with Gasteiger partial charge in [0.1, 0.15) is 5.54 Å². The predicted octanol–water partition coefficient (Wildman–Crippen LogP) is 3.02. The van der Waals surface area contributed by atoms with Crippen LogP contribution in [0.1, 0.15) is 25.8 Å². The van der Waals surface area contributed by atoms with E-state index in [9.17, 15) is 9.59 Å². The van der Waals surface area contributed by atoms with Crippen LogP contribution in [0.3, 0.4) is 0 Å². The molecule has 0 radical (unpaired) electrons. The van der Waals surface area contributed by atoms with Gasteiger partial charge in [0.2, 0.25) is 11.8 Å². The topological polar surface area (TPSA) is 49.4 Å². The van der Waals surface area contributed by atoms with E-state index in [4.69, 9.17) is 0 Å². The van der Waals surface area contributed by atoms with Gasteiger partial charge in [-0.3, -0.25) is 9.59 Å². The summed E-state index contributed by atoms with van der Waals surface area (Å²) >= 11 is 0. The average Bonchev–Trinajstić information content (AvgIpc) is 2.61. The maximum absolute atomic E-state index is 12.6. The van der Waals surface area contributed by atoms with E-state index >= 15 is 0 Å². The van der Waals surface area contributed by atoms with Crippen LogP contribution in [0.15, 0.2) is 54.6 Å². The van der Waals surface area contributed by atoms with Crippen LogP contribution in [0.5, 0.6) is 0 Å². The predicted molar refractivity (Wildman–Crippen MR) is 99.0 cm³/mol. The number of nitrogens with zero attached hydrogens (tertiary/aromatic N) is 1. The molecular weight excluding hydrogens is 312 g/mol. The molecule has 130 valence electrons. The van der Waals surface area contributed by atoms with E-state index in [1.54, 1.807) is 4.90 Å². The zero-order chi connectivity index (χ0) is 17.9. The van der Waals surface area contributed by atoms with Crippen molar-refractivity contribution in [1.82, 2.24) is 10.2 Å². The number of carbonyl (C=O) groups is 2. The molecule has 1 aliphatic rings. The highest BCUT2D eigenvalue weighted by molar-refractivity contribution is 5.93. The summed E-state index contributed by atoms with van der Waals surface area (Å²) in [6.07, 6.45) is 1.04. The lowest BCUT2D eigenvalue weighted by molar-refractivity contribution is -0.157. The largest absolute Gasteiger partial charge is 0.354 e. The summed E-state index contributed by atoms with van der Waals surface area (Å²) in [6, 6.07) is 18.2. The third kappa shape index (κ3) is 3.43. The number of rotatable bonds is 5. The molecule has 4 heteroatoms. The number of hydrogen-bond acceptors (Lipinski definition) is 2. The van der Waals surface area contributed by atoms with Crippen LogP contribution >= 0.6 is 0 Å². The van der Waals surface area contributed by atoms with Crippen molar-refractivity contribution >= 4 is 11.8 Å². The lowest BCUT2D eigenvalue weighted by atomic mass is 9.85. The number of likely N-dealkylation sites (N-methyl/N-ethyl adjacent to an activating group) is 1. The first-order valence-corrected chi connectivity index (χ1v) is 8.78. The Kier molecular flexibility index (Phi) is 4.88. The molecule has 0 bridgehead atoms. The highest BCUT2D eigenvalue weighted by Crippen LogP contribution is 2.31. The minimum absolute atomic E-state index is 0.00691. The van der Waals surface area contributed by atoms with Crippen molar-refractivity contribution in [3.8, 4) is 11.1 Å². The molecule has 1 aliphatic heterocycles. The van der Waals surface area contributed by atoms with Crippen LogP contribution in [0, 0.1) is 0 Å². The van der Waals surface area contributed by atoms with Crippen molar-refractivity contribution in [1.29, 1.82) is 0 Å². The molecule has 2 aromatic rings. The summed E-state index contributed by atoms with van der Waals surface area (Å²) < 4.78 is 0. The van der Waals surface area contributed by atoms with Crippen molar-refractivity contribution in [2.75, 3.05) is 13.1 Å². The van der Waals surface area contributed by atoms with E-state index in [1.165, 1.54) is 0 Å². The molecule has 1 N–H and O–H groups in total. The first kappa shape index (κ1) is 17.2. The molecular formula is C21H24N2O2. The average molecular weight is 336 g/mol. The van der Waals surface area contributed by atoms with Gasteiger partial charge in [0, 0.05) is 13.1 Å². The van der Waals surface area contributed by atoms with Crippen molar-refractivity contribution in [3.63, 3.8) is 0 Å². The third-order valence-corrected chi connectivity index (χ3v) is 4.96. The van der Waals surface area contributed by atoms with E-state index < -0.39 is 5.54 Å². The number of benzene rings is 2. The highest BCUT2D eigenvalue weighted by atomic mass is 16.2. The minimum Gasteiger partial charge on any atom is -0.354 e. The molecule has 1 heterocycles. The van der Waals surface area contributed by atoms with Crippen molar-refractivity contribution in [3.05, 3.63) is 60.2 Å². The number of amides is 2. The SMILES string of the molecule is CCNC(=O)C1(C)CCN1C(=O)Cc1ccc(-c2ccccc2)cc1. The third-order valence-electron chi connectivity index (χ3n) is 4.96. The first-order chi connectivity index (χ1) is 12.0. The standard InChI is InChI=1S/C21H24N2O2/c1-3-22-20(25)21(2)13-14-23(21)19(24)15-16-9-11-18(12-10-16)17-7-5-4-6-8-17/h4-12H,3,13-15H2,1-2H3,(H,22,25). The van der Waals surface area contributed by atoms with E-state index in [-0.39, 0.29) is 11.8 Å². The van der Waals surface area contributed by atoms with E-state index in [0.29, 0.717) is 19.5 Å². The lowest BCUT2D eigenvalue weighted by Crippen LogP contribution is -2.67. The van der Waals surface area contributed by atoms with E-state index in [2.05, 4.69) is 17.4 Å². The van der Waals surface area contributed by atoms with Gasteiger partial charge < -0.3 is 10.2 Å². The molecule has 1 saturated heterocycles. The van der Waals surface area contributed by atoms with Gasteiger partial charge in [0.25, 0.3) is 0 Å². The van der Waals surface area contributed by atoms with Gasteiger partial charge >= 0.3 is 0 Å². The number of carbonyl (C=O) groups excluding carboxylic acids is 2. The van der Waals surface area contributed by atoms with Gasteiger partial charge in [0.05, 0.1) is 6.42 Å². The Morgan fingerprint density at radius 3 is 2.24 bits per heavy atom. The second kappa shape index (κ2) is 7.09. The van der Waals surface area contributed by atoms with Crippen LogP contribution in [-0.4, -0.2) is 35.3 Å². The molecule has 0 spiro atoms. The molecule has 1 fully saturated rings. The van der Waals surface area contributed by atoms with Crippen molar-refractivity contribution in [2.24, 2.45) is 0 Å². The number of likely N-dealkylation sites (tertiary alicyclic amines) is 1. The van der Waals surface area contributed by atoms with Crippen LogP contribution in [-0.2, 0) is 16.0 Å². The van der Waals surface area contributed by atoms with Crippen molar-refractivity contribution < 1.29 is 9.59 Å². The fourth-order valence-corrected chi connectivity index (χ4v) is 3.26. The molecule has 0 saturated carbocycles. The summed E-state index contributed by atoms with van der Waals surface area (Å²) in [5.74, 6) is -0.0542. The Balaban J connectivity index is 1.66. The summed E-state index contributed by atoms with van der Waals surface area (Å²) in [6.45, 7) is 4.96. The Labute approximate surface area is 148 Å². The second-order valence-electron chi connectivity index (χ2n) is 6.67. The van der Waals surface area contributed by atoms with Gasteiger partial charge in [-0.15, -0.1) is 0 Å². The van der Waals surface area contributed by atoms with Gasteiger partial charge in [-0.25, -0.2) is 0 Å². The lowest BCUT2D eigenvalue weighted by Gasteiger charge is -2.49. The zero-order valence-electron chi connectivity index (χ0n) is 14.8. The molecule has 2 aromatic carbocycles. The number of nitrogens with one attached hydrogen (secondary N) is 1. The Morgan fingerprint density at radius 2 is 1.68 bits per heavy atom. The molecule has 1 atom stereocenters.